The van der Waals surface area contributed by atoms with E-state index in [0.717, 1.165) is 23.0 Å². The monoisotopic (exact) mass is 235 g/mol. The van der Waals surface area contributed by atoms with Crippen LogP contribution in [0.3, 0.4) is 0 Å². The van der Waals surface area contributed by atoms with Crippen LogP contribution in [0.4, 0.5) is 5.69 Å². The Labute approximate surface area is 98.0 Å². The summed E-state index contributed by atoms with van der Waals surface area (Å²) < 4.78 is 1.67. The molecule has 0 aliphatic carbocycles. The van der Waals surface area contributed by atoms with Gasteiger partial charge in [-0.05, 0) is 28.5 Å². The molecule has 0 unspecified atom stereocenters. The first-order chi connectivity index (χ1) is 7.77. The van der Waals surface area contributed by atoms with E-state index in [1.165, 1.54) is 5.56 Å². The number of nitrogen functional groups attached to an aromatic ring is 1. The van der Waals surface area contributed by atoms with E-state index in [1.54, 1.807) is 16.4 Å². The molecule has 0 aliphatic heterocycles. The number of tetrazole rings is 1. The smallest absolute Gasteiger partial charge is 0.209 e. The standard InChI is InChI=1S/C10H13N5S/c1-15-10(12-13-14-15)16-7-6-8-4-2-3-5-9(8)11/h2-5H,6-7,11H2,1H3. The fraction of sp³-hybridized carbons (Fsp3) is 0.300. The average Bonchev–Trinajstić information content (AvgIpc) is 2.67. The van der Waals surface area contributed by atoms with Crippen LogP contribution >= 0.6 is 11.8 Å². The Kier molecular flexibility index (Phi) is 3.40. The molecule has 0 aliphatic rings. The average molecular weight is 235 g/mol. The second-order valence-corrected chi connectivity index (χ2v) is 4.44. The predicted octanol–water partition coefficient (Wildman–Crippen LogP) is 1.13. The van der Waals surface area contributed by atoms with Crippen LogP contribution in [0.1, 0.15) is 5.56 Å². The maximum Gasteiger partial charge on any atom is 0.209 e. The molecule has 1 aromatic heterocycles. The van der Waals surface area contributed by atoms with Crippen molar-refractivity contribution in [3.8, 4) is 0 Å². The first-order valence-electron chi connectivity index (χ1n) is 4.96. The quantitative estimate of drug-likeness (QED) is 0.635. The third kappa shape index (κ3) is 2.52. The Balaban J connectivity index is 1.89. The number of hydrogen-bond donors (Lipinski definition) is 1. The minimum Gasteiger partial charge on any atom is -0.399 e. The molecule has 6 heteroatoms. The number of nitrogens with zero attached hydrogens (tertiary/aromatic N) is 4. The van der Waals surface area contributed by atoms with Crippen LogP contribution in [0.5, 0.6) is 0 Å². The van der Waals surface area contributed by atoms with Crippen LogP contribution in [0.2, 0.25) is 0 Å². The zero-order chi connectivity index (χ0) is 11.4. The number of anilines is 1. The van der Waals surface area contributed by atoms with Gasteiger partial charge in [0.15, 0.2) is 0 Å². The molecule has 0 spiro atoms. The molecule has 0 saturated carbocycles. The minimum atomic E-state index is 0.828. The lowest BCUT2D eigenvalue weighted by Gasteiger charge is -2.03. The van der Waals surface area contributed by atoms with Gasteiger partial charge < -0.3 is 5.73 Å². The maximum absolute atomic E-state index is 5.86. The molecule has 0 radical (unpaired) electrons. The Morgan fingerprint density at radius 3 is 2.88 bits per heavy atom. The summed E-state index contributed by atoms with van der Waals surface area (Å²) >= 11 is 1.63. The lowest BCUT2D eigenvalue weighted by atomic mass is 10.1. The Morgan fingerprint density at radius 2 is 2.19 bits per heavy atom. The molecule has 0 amide bonds. The van der Waals surface area contributed by atoms with Crippen molar-refractivity contribution < 1.29 is 0 Å². The highest BCUT2D eigenvalue weighted by atomic mass is 32.2. The number of nitrogens with two attached hydrogens (primary N) is 1. The first-order valence-corrected chi connectivity index (χ1v) is 5.94. The molecule has 84 valence electrons. The van der Waals surface area contributed by atoms with Crippen molar-refractivity contribution in [1.29, 1.82) is 0 Å². The first kappa shape index (κ1) is 10.9. The molecule has 0 bridgehead atoms. The number of hydrogen-bond acceptors (Lipinski definition) is 5. The van der Waals surface area contributed by atoms with Crippen LogP contribution < -0.4 is 5.73 Å². The Morgan fingerprint density at radius 1 is 1.38 bits per heavy atom. The fourth-order valence-corrected chi connectivity index (χ4v) is 2.18. The van der Waals surface area contributed by atoms with Crippen molar-refractivity contribution in [3.05, 3.63) is 29.8 Å². The van der Waals surface area contributed by atoms with Crippen molar-refractivity contribution in [2.45, 2.75) is 11.6 Å². The number of aryl methyl sites for hydroxylation is 2. The van der Waals surface area contributed by atoms with Gasteiger partial charge >= 0.3 is 0 Å². The molecule has 2 aromatic rings. The number of benzene rings is 1. The maximum atomic E-state index is 5.86. The molecule has 0 fully saturated rings. The fourth-order valence-electron chi connectivity index (χ4n) is 1.36. The van der Waals surface area contributed by atoms with E-state index >= 15 is 0 Å². The van der Waals surface area contributed by atoms with Crippen molar-refractivity contribution >= 4 is 17.4 Å². The minimum absolute atomic E-state index is 0.828. The number of thioether (sulfide) groups is 1. The van der Waals surface area contributed by atoms with Gasteiger partial charge in [-0.15, -0.1) is 5.10 Å². The zero-order valence-electron chi connectivity index (χ0n) is 9.00. The van der Waals surface area contributed by atoms with Crippen LogP contribution in [0.25, 0.3) is 0 Å². The molecular weight excluding hydrogens is 222 g/mol. The van der Waals surface area contributed by atoms with Gasteiger partial charge in [0.25, 0.3) is 0 Å². The zero-order valence-corrected chi connectivity index (χ0v) is 9.81. The van der Waals surface area contributed by atoms with Crippen LogP contribution in [-0.2, 0) is 13.5 Å². The van der Waals surface area contributed by atoms with Crippen molar-refractivity contribution in [2.75, 3.05) is 11.5 Å². The van der Waals surface area contributed by atoms with E-state index in [1.807, 2.05) is 31.3 Å². The van der Waals surface area contributed by atoms with Gasteiger partial charge in [0.1, 0.15) is 0 Å². The molecule has 1 aromatic carbocycles. The normalized spacial score (nSPS) is 10.6. The second kappa shape index (κ2) is 4.98. The molecule has 5 nitrogen and oxygen atoms in total. The van der Waals surface area contributed by atoms with Crippen molar-refractivity contribution in [3.63, 3.8) is 0 Å². The van der Waals surface area contributed by atoms with Gasteiger partial charge in [-0.2, -0.15) is 0 Å². The molecule has 0 atom stereocenters. The van der Waals surface area contributed by atoms with E-state index in [2.05, 4.69) is 15.5 Å². The lowest BCUT2D eigenvalue weighted by molar-refractivity contribution is 0.664. The molecule has 0 saturated heterocycles. The third-order valence-electron chi connectivity index (χ3n) is 2.24. The summed E-state index contributed by atoms with van der Waals surface area (Å²) in [6.45, 7) is 0. The summed E-state index contributed by atoms with van der Waals surface area (Å²) in [4.78, 5) is 0. The summed E-state index contributed by atoms with van der Waals surface area (Å²) in [6, 6.07) is 7.91. The summed E-state index contributed by atoms with van der Waals surface area (Å²) in [5, 5.41) is 12.1. The summed E-state index contributed by atoms with van der Waals surface area (Å²) in [5.74, 6) is 0.919. The molecule has 2 rings (SSSR count). The highest BCUT2D eigenvalue weighted by molar-refractivity contribution is 7.99. The lowest BCUT2D eigenvalue weighted by Crippen LogP contribution is -1.98. The van der Waals surface area contributed by atoms with Gasteiger partial charge in [-0.25, -0.2) is 4.68 Å². The largest absolute Gasteiger partial charge is 0.399 e. The van der Waals surface area contributed by atoms with Crippen LogP contribution in [0.15, 0.2) is 29.4 Å². The highest BCUT2D eigenvalue weighted by Gasteiger charge is 2.03. The van der Waals surface area contributed by atoms with Gasteiger partial charge in [0.2, 0.25) is 5.16 Å². The molecule has 2 N–H and O–H groups in total. The summed E-state index contributed by atoms with van der Waals surface area (Å²) in [5.41, 5.74) is 7.87. The topological polar surface area (TPSA) is 69.6 Å². The van der Waals surface area contributed by atoms with E-state index in [0.29, 0.717) is 0 Å². The summed E-state index contributed by atoms with van der Waals surface area (Å²) in [6.07, 6.45) is 0.921. The van der Waals surface area contributed by atoms with Gasteiger partial charge in [-0.1, -0.05) is 30.0 Å². The van der Waals surface area contributed by atoms with Crippen molar-refractivity contribution in [1.82, 2.24) is 20.2 Å². The molecule has 1 heterocycles. The van der Waals surface area contributed by atoms with Crippen molar-refractivity contribution in [2.24, 2.45) is 7.05 Å². The Bertz CT molecular complexity index is 468. The third-order valence-corrected chi connectivity index (χ3v) is 3.25. The molecular formula is C10H13N5S. The predicted molar refractivity (Wildman–Crippen MR) is 64.1 cm³/mol. The summed E-state index contributed by atoms with van der Waals surface area (Å²) in [7, 11) is 1.83. The van der Waals surface area contributed by atoms with E-state index < -0.39 is 0 Å². The van der Waals surface area contributed by atoms with E-state index in [9.17, 15) is 0 Å². The van der Waals surface area contributed by atoms with Gasteiger partial charge in [0.05, 0.1) is 0 Å². The number of para-hydroxylation sites is 1. The van der Waals surface area contributed by atoms with E-state index in [4.69, 9.17) is 5.73 Å². The van der Waals surface area contributed by atoms with Crippen LogP contribution in [0, 0.1) is 0 Å². The molecule has 16 heavy (non-hydrogen) atoms. The Hall–Kier alpha value is -1.56. The van der Waals surface area contributed by atoms with Gasteiger partial charge in [-0.3, -0.25) is 0 Å². The van der Waals surface area contributed by atoms with E-state index in [-0.39, 0.29) is 0 Å². The number of aromatic nitrogens is 4. The second-order valence-electron chi connectivity index (χ2n) is 3.38. The highest BCUT2D eigenvalue weighted by Crippen LogP contribution is 2.17. The SMILES string of the molecule is Cn1nnnc1SCCc1ccccc1N. The number of rotatable bonds is 4. The van der Waals surface area contributed by atoms with Gasteiger partial charge in [0, 0.05) is 18.5 Å². The van der Waals surface area contributed by atoms with Crippen LogP contribution in [-0.4, -0.2) is 26.0 Å².